The van der Waals surface area contributed by atoms with Gasteiger partial charge in [0.15, 0.2) is 0 Å². The van der Waals surface area contributed by atoms with Crippen molar-refractivity contribution in [2.75, 3.05) is 4.57 Å². The molecule has 5 aliphatic rings. The van der Waals surface area contributed by atoms with Gasteiger partial charge in [0.05, 0.1) is 8.48 Å². The second-order valence-electron chi connectivity index (χ2n) is 23.3. The Kier molecular flexibility index (Phi) is 17.5. The van der Waals surface area contributed by atoms with Gasteiger partial charge in [-0.3, -0.25) is 0 Å². The van der Waals surface area contributed by atoms with E-state index in [-0.39, 0.29) is 5.54 Å². The van der Waals surface area contributed by atoms with Crippen LogP contribution in [0.5, 0.6) is 0 Å². The standard InChI is InChI=1S/C48H96N4Si6/c1-38(2)51(45-34-20-13-21-35-45)58(52(47(5,6)7)46-36-24-25-37-46,57(40(4)54)50(43-28-16-11-17-29-43)44-30-18-12-19-31-44)48(8,9)55-56(39(3)53)49(42-32-22-23-33-42)41-26-14-10-15-27-41/h13,20-21,34-35,38-44,46,56-57H,10-12,14-19,22-33,36-37,55H2,1-9,53-54H3. The van der Waals surface area contributed by atoms with Gasteiger partial charge in [0.25, 0.3) is 0 Å². The van der Waals surface area contributed by atoms with Gasteiger partial charge in [-0.25, -0.2) is 0 Å². The molecule has 1 aromatic carbocycles. The zero-order valence-corrected chi connectivity index (χ0v) is 49.1. The Labute approximate surface area is 373 Å². The molecule has 0 aliphatic heterocycles. The Balaban J connectivity index is 1.68. The molecule has 5 fully saturated rings. The molecule has 5 unspecified atom stereocenters. The fraction of sp³-hybridized carbons (Fsp3) is 0.875. The lowest BCUT2D eigenvalue weighted by molar-refractivity contribution is 0.154. The molecular weight excluding hydrogens is 801 g/mol. The van der Waals surface area contributed by atoms with Crippen LogP contribution in [0.1, 0.15) is 210 Å². The van der Waals surface area contributed by atoms with E-state index in [0.717, 1.165) is 40.5 Å². The molecule has 0 radical (unpaired) electrons. The average molecular weight is 898 g/mol. The lowest BCUT2D eigenvalue weighted by Gasteiger charge is -2.69. The molecule has 4 nitrogen and oxygen atoms in total. The molecule has 5 saturated carbocycles. The van der Waals surface area contributed by atoms with Gasteiger partial charge in [0, 0.05) is 77.0 Å². The van der Waals surface area contributed by atoms with E-state index in [0.29, 0.717) is 10.7 Å². The Morgan fingerprint density at radius 2 is 0.931 bits per heavy atom. The van der Waals surface area contributed by atoms with Crippen molar-refractivity contribution in [3.63, 3.8) is 0 Å². The first-order chi connectivity index (χ1) is 27.7. The van der Waals surface area contributed by atoms with Crippen LogP contribution in [0.2, 0.25) is 15.0 Å². The summed E-state index contributed by atoms with van der Waals surface area (Å²) in [7, 11) is -3.27. The van der Waals surface area contributed by atoms with Crippen LogP contribution >= 0.6 is 0 Å². The minimum Gasteiger partial charge on any atom is -0.384 e. The fourth-order valence-corrected chi connectivity index (χ4v) is 68.2. The van der Waals surface area contributed by atoms with E-state index in [9.17, 15) is 0 Å². The highest BCUT2D eigenvalue weighted by molar-refractivity contribution is 7.39. The number of rotatable bonds is 17. The van der Waals surface area contributed by atoms with Crippen LogP contribution < -0.4 is 4.57 Å². The summed E-state index contributed by atoms with van der Waals surface area (Å²) in [4.78, 5) is 0. The third-order valence-electron chi connectivity index (χ3n) is 16.7. The number of anilines is 1. The van der Waals surface area contributed by atoms with Crippen LogP contribution in [0.15, 0.2) is 30.3 Å². The SMILES string of the molecule is CC(C)N(c1ccccc1)[Si](N(C1CCCC1)C(C)(C)C)([SiH](C(C)[SiH3])N(C1CCCCC1)C1CCCCC1)C(C)(C)[SiH2][SiH](C(C)[SiH3])N(C1CCCCC1)C1CCCC1. The molecule has 1 aromatic rings. The lowest BCUT2D eigenvalue weighted by atomic mass is 9.91. The first kappa shape index (κ1) is 47.7. The van der Waals surface area contributed by atoms with Crippen LogP contribution in [0, 0.1) is 0 Å². The second kappa shape index (κ2) is 21.3. The molecule has 5 aliphatic carbocycles. The minimum atomic E-state index is -2.60. The Hall–Kier alpha value is 0.201. The third-order valence-corrected chi connectivity index (χ3v) is 61.5. The van der Waals surface area contributed by atoms with E-state index >= 15 is 0 Å². The number of para-hydroxylation sites is 1. The van der Waals surface area contributed by atoms with E-state index < -0.39 is 33.9 Å². The van der Waals surface area contributed by atoms with Crippen LogP contribution in [0.25, 0.3) is 0 Å². The zero-order chi connectivity index (χ0) is 41.7. The van der Waals surface area contributed by atoms with Crippen LogP contribution in [0.4, 0.5) is 5.69 Å². The molecule has 0 aromatic heterocycles. The van der Waals surface area contributed by atoms with Gasteiger partial charge in [-0.1, -0.05) is 135 Å². The van der Waals surface area contributed by atoms with E-state index in [1.54, 1.807) is 5.69 Å². The van der Waals surface area contributed by atoms with Crippen molar-refractivity contribution < 1.29 is 0 Å². The normalized spacial score (nSPS) is 25.5. The van der Waals surface area contributed by atoms with Gasteiger partial charge < -0.3 is 18.3 Å². The van der Waals surface area contributed by atoms with Crippen LogP contribution in [-0.2, 0) is 0 Å². The van der Waals surface area contributed by atoms with E-state index in [1.165, 1.54) is 168 Å². The van der Waals surface area contributed by atoms with Crippen molar-refractivity contribution >= 4 is 60.1 Å². The minimum absolute atomic E-state index is 0.138. The maximum Gasteiger partial charge on any atom is 0.236 e. The Morgan fingerprint density at radius 1 is 0.552 bits per heavy atom. The fourth-order valence-electron chi connectivity index (χ4n) is 14.7. The molecule has 332 valence electrons. The summed E-state index contributed by atoms with van der Waals surface area (Å²) in [6.45, 7) is 25.4. The number of nitrogens with zero attached hydrogens (tertiary/aromatic N) is 4. The topological polar surface area (TPSA) is 13.0 Å². The molecule has 0 spiro atoms. The molecule has 0 heterocycles. The second-order valence-corrected chi connectivity index (χ2v) is 50.1. The summed E-state index contributed by atoms with van der Waals surface area (Å²) in [5.74, 6) is 0. The van der Waals surface area contributed by atoms with Crippen molar-refractivity contribution in [1.82, 2.24) is 13.7 Å². The first-order valence-electron chi connectivity index (χ1n) is 25.9. The monoisotopic (exact) mass is 897 g/mol. The predicted molar refractivity (Wildman–Crippen MR) is 276 cm³/mol. The molecule has 0 bridgehead atoms. The molecule has 0 amide bonds. The van der Waals surface area contributed by atoms with Crippen molar-refractivity contribution in [3.05, 3.63) is 30.3 Å². The van der Waals surface area contributed by atoms with Crippen molar-refractivity contribution in [3.8, 4) is 0 Å². The first-order valence-corrected chi connectivity index (χ1v) is 38.2. The maximum absolute atomic E-state index is 3.64. The predicted octanol–water partition coefficient (Wildman–Crippen LogP) is 9.29. The lowest BCUT2D eigenvalue weighted by Crippen LogP contribution is -2.89. The highest BCUT2D eigenvalue weighted by Crippen LogP contribution is 2.54. The quantitative estimate of drug-likeness (QED) is 0.145. The molecule has 0 saturated heterocycles. The summed E-state index contributed by atoms with van der Waals surface area (Å²) < 4.78 is 14.6. The van der Waals surface area contributed by atoms with E-state index in [2.05, 4.69) is 111 Å². The molecule has 58 heavy (non-hydrogen) atoms. The molecule has 0 N–H and O–H groups in total. The third kappa shape index (κ3) is 10.4. The molecule has 6 rings (SSSR count). The zero-order valence-electron chi connectivity index (χ0n) is 40.4. The van der Waals surface area contributed by atoms with E-state index in [1.807, 2.05) is 0 Å². The van der Waals surface area contributed by atoms with Gasteiger partial charge in [0.1, 0.15) is 8.48 Å². The Morgan fingerprint density at radius 3 is 1.29 bits per heavy atom. The van der Waals surface area contributed by atoms with Gasteiger partial charge >= 0.3 is 0 Å². The largest absolute Gasteiger partial charge is 0.384 e. The molecule has 10 heteroatoms. The van der Waals surface area contributed by atoms with Gasteiger partial charge in [0.2, 0.25) is 7.91 Å². The average Bonchev–Trinajstić information content (AvgIpc) is 3.93. The van der Waals surface area contributed by atoms with Crippen molar-refractivity contribution in [2.24, 2.45) is 0 Å². The van der Waals surface area contributed by atoms with E-state index in [4.69, 9.17) is 0 Å². The van der Waals surface area contributed by atoms with Gasteiger partial charge in [-0.15, -0.1) is 0 Å². The summed E-state index contributed by atoms with van der Waals surface area (Å²) in [6.07, 6.45) is 34.0. The van der Waals surface area contributed by atoms with Gasteiger partial charge in [-0.05, 0) is 121 Å². The van der Waals surface area contributed by atoms with Crippen LogP contribution in [0.3, 0.4) is 0 Å². The summed E-state index contributed by atoms with van der Waals surface area (Å²) in [5.41, 5.74) is 1.74. The van der Waals surface area contributed by atoms with Crippen LogP contribution in [-0.4, -0.2) is 110 Å². The van der Waals surface area contributed by atoms with Crippen molar-refractivity contribution in [1.29, 1.82) is 0 Å². The highest BCUT2D eigenvalue weighted by atomic mass is 29.3. The molecular formula is C48H96N4Si6. The number of hydrogen-bond acceptors (Lipinski definition) is 4. The van der Waals surface area contributed by atoms with Gasteiger partial charge in [-0.2, -0.15) is 0 Å². The highest BCUT2D eigenvalue weighted by Gasteiger charge is 2.69. The summed E-state index contributed by atoms with van der Waals surface area (Å²) in [5, 5.41) is 1.89. The molecule has 5 atom stereocenters. The smallest absolute Gasteiger partial charge is 0.236 e. The number of hydrogen-bond donors (Lipinski definition) is 0. The summed E-state index contributed by atoms with van der Waals surface area (Å²) in [6, 6.07) is 17.1. The van der Waals surface area contributed by atoms with Crippen molar-refractivity contribution in [2.45, 2.75) is 267 Å². The number of benzene rings is 1. The summed E-state index contributed by atoms with van der Waals surface area (Å²) >= 11 is 0. The maximum atomic E-state index is 3.64. The Bertz CT molecular complexity index is 1330.